The number of nitrogens with zero attached hydrogens (tertiary/aromatic N) is 2. The Hall–Kier alpha value is -1.30. The van der Waals surface area contributed by atoms with Crippen molar-refractivity contribution >= 4 is 11.3 Å². The number of aromatic nitrogens is 2. The lowest BCUT2D eigenvalue weighted by Crippen LogP contribution is -2.20. The van der Waals surface area contributed by atoms with E-state index in [0.717, 1.165) is 33.5 Å². The molecule has 0 saturated carbocycles. The first kappa shape index (κ1) is 12.7. The molecule has 2 nitrogen and oxygen atoms in total. The normalized spacial score (nSPS) is 14.4. The highest BCUT2D eigenvalue weighted by atomic mass is 32.1. The van der Waals surface area contributed by atoms with E-state index < -0.39 is 12.7 Å². The van der Waals surface area contributed by atoms with E-state index in [9.17, 15) is 13.2 Å². The molecule has 1 aliphatic rings. The van der Waals surface area contributed by atoms with Crippen molar-refractivity contribution in [2.75, 3.05) is 0 Å². The number of aryl methyl sites for hydroxylation is 3. The maximum absolute atomic E-state index is 12.6. The van der Waals surface area contributed by atoms with Crippen molar-refractivity contribution in [3.05, 3.63) is 27.1 Å². The molecule has 0 aromatic carbocycles. The average Bonchev–Trinajstić information content (AvgIpc) is 2.80. The van der Waals surface area contributed by atoms with E-state index in [1.54, 1.807) is 17.5 Å². The van der Waals surface area contributed by atoms with Crippen molar-refractivity contribution in [3.8, 4) is 11.3 Å². The fourth-order valence-corrected chi connectivity index (χ4v) is 3.90. The molecule has 0 unspecified atom stereocenters. The number of alkyl halides is 3. The molecule has 0 spiro atoms. The Morgan fingerprint density at radius 1 is 1.26 bits per heavy atom. The van der Waals surface area contributed by atoms with Crippen LogP contribution in [0.1, 0.15) is 20.9 Å². The number of fused-ring (bicyclic) bond motifs is 3. The van der Waals surface area contributed by atoms with Crippen molar-refractivity contribution in [2.45, 2.75) is 39.4 Å². The summed E-state index contributed by atoms with van der Waals surface area (Å²) in [7, 11) is 0. The maximum atomic E-state index is 12.6. The van der Waals surface area contributed by atoms with Gasteiger partial charge in [-0.25, -0.2) is 0 Å². The summed E-state index contributed by atoms with van der Waals surface area (Å²) in [6, 6.07) is 0. The second-order valence-electron chi connectivity index (χ2n) is 4.86. The van der Waals surface area contributed by atoms with Crippen molar-refractivity contribution in [1.29, 1.82) is 0 Å². The van der Waals surface area contributed by atoms with Gasteiger partial charge in [0.2, 0.25) is 0 Å². The molecule has 2 aromatic heterocycles. The fourth-order valence-electron chi connectivity index (χ4n) is 2.79. The Morgan fingerprint density at radius 2 is 2.00 bits per heavy atom. The van der Waals surface area contributed by atoms with Crippen molar-refractivity contribution in [1.82, 2.24) is 9.78 Å². The topological polar surface area (TPSA) is 17.8 Å². The highest BCUT2D eigenvalue weighted by molar-refractivity contribution is 7.12. The van der Waals surface area contributed by atoms with Crippen LogP contribution in [0.3, 0.4) is 0 Å². The van der Waals surface area contributed by atoms with E-state index in [0.29, 0.717) is 5.69 Å². The summed E-state index contributed by atoms with van der Waals surface area (Å²) in [5.41, 5.74) is 3.77. The van der Waals surface area contributed by atoms with Crippen LogP contribution in [0.4, 0.5) is 13.2 Å². The van der Waals surface area contributed by atoms with Crippen LogP contribution in [-0.4, -0.2) is 16.0 Å². The summed E-state index contributed by atoms with van der Waals surface area (Å²) in [6.07, 6.45) is -0.986. The predicted octanol–water partition coefficient (Wildman–Crippen LogP) is 3.89. The molecule has 0 bridgehead atoms. The zero-order valence-corrected chi connectivity index (χ0v) is 11.5. The predicted molar refractivity (Wildman–Crippen MR) is 68.5 cm³/mol. The Kier molecular flexibility index (Phi) is 2.74. The first-order valence-corrected chi connectivity index (χ1v) is 6.89. The lowest BCUT2D eigenvalue weighted by molar-refractivity contribution is -0.142. The second kappa shape index (κ2) is 4.10. The van der Waals surface area contributed by atoms with Crippen molar-refractivity contribution in [2.24, 2.45) is 0 Å². The molecular weight excluding hydrogens is 273 g/mol. The lowest BCUT2D eigenvalue weighted by atomic mass is 9.91. The lowest BCUT2D eigenvalue weighted by Gasteiger charge is -2.17. The summed E-state index contributed by atoms with van der Waals surface area (Å²) < 4.78 is 38.9. The molecule has 0 N–H and O–H groups in total. The Balaban J connectivity index is 2.16. The zero-order valence-electron chi connectivity index (χ0n) is 10.6. The Morgan fingerprint density at radius 3 is 2.68 bits per heavy atom. The molecule has 3 rings (SSSR count). The summed E-state index contributed by atoms with van der Waals surface area (Å²) in [4.78, 5) is 2.29. The molecule has 0 radical (unpaired) electrons. The highest BCUT2D eigenvalue weighted by Gasteiger charge is 2.33. The third-order valence-electron chi connectivity index (χ3n) is 3.51. The standard InChI is InChI=1S/C13H13F3N2S/c1-7-10-4-3-9-5-17-18(6-13(14,15)16)12(9)11(10)8(2)19-7/h5H,3-4,6H2,1-2H3. The van der Waals surface area contributed by atoms with Crippen LogP contribution in [-0.2, 0) is 19.4 Å². The molecule has 0 fully saturated rings. The van der Waals surface area contributed by atoms with Crippen LogP contribution in [0, 0.1) is 13.8 Å². The largest absolute Gasteiger partial charge is 0.408 e. The number of halogens is 3. The molecule has 0 aliphatic heterocycles. The van der Waals surface area contributed by atoms with Crippen LogP contribution in [0.2, 0.25) is 0 Å². The first-order chi connectivity index (χ1) is 8.87. The molecule has 1 aliphatic carbocycles. The van der Waals surface area contributed by atoms with E-state index in [1.807, 2.05) is 13.8 Å². The van der Waals surface area contributed by atoms with Gasteiger partial charge in [-0.2, -0.15) is 18.3 Å². The van der Waals surface area contributed by atoms with Gasteiger partial charge in [0.05, 0.1) is 11.9 Å². The van der Waals surface area contributed by atoms with Gasteiger partial charge in [-0.3, -0.25) is 4.68 Å². The quantitative estimate of drug-likeness (QED) is 0.777. The van der Waals surface area contributed by atoms with Crippen LogP contribution >= 0.6 is 11.3 Å². The number of hydrogen-bond donors (Lipinski definition) is 0. The maximum Gasteiger partial charge on any atom is 0.408 e. The van der Waals surface area contributed by atoms with Crippen molar-refractivity contribution in [3.63, 3.8) is 0 Å². The van der Waals surface area contributed by atoms with Gasteiger partial charge in [-0.15, -0.1) is 11.3 Å². The molecule has 102 valence electrons. The molecule has 0 saturated heterocycles. The van der Waals surface area contributed by atoms with E-state index in [4.69, 9.17) is 0 Å². The van der Waals surface area contributed by atoms with Gasteiger partial charge in [-0.1, -0.05) is 0 Å². The zero-order chi connectivity index (χ0) is 13.8. The van der Waals surface area contributed by atoms with Gasteiger partial charge >= 0.3 is 6.18 Å². The average molecular weight is 286 g/mol. The van der Waals surface area contributed by atoms with Gasteiger partial charge in [-0.05, 0) is 37.8 Å². The van der Waals surface area contributed by atoms with Crippen LogP contribution in [0.5, 0.6) is 0 Å². The molecule has 2 heterocycles. The van der Waals surface area contributed by atoms with Gasteiger partial charge in [0, 0.05) is 15.3 Å². The summed E-state index contributed by atoms with van der Waals surface area (Å²) >= 11 is 1.66. The Labute approximate surface area is 112 Å². The molecular formula is C13H13F3N2S. The molecule has 6 heteroatoms. The third kappa shape index (κ3) is 2.08. The minimum Gasteiger partial charge on any atom is -0.255 e. The second-order valence-corrected chi connectivity index (χ2v) is 6.29. The van der Waals surface area contributed by atoms with Crippen LogP contribution in [0.25, 0.3) is 11.3 Å². The monoisotopic (exact) mass is 286 g/mol. The number of hydrogen-bond acceptors (Lipinski definition) is 2. The SMILES string of the molecule is Cc1sc(C)c2c1CCc1cnn(CC(F)(F)F)c1-2. The number of thiophene rings is 1. The number of rotatable bonds is 1. The van der Waals surface area contributed by atoms with Gasteiger partial charge in [0.1, 0.15) is 6.54 Å². The smallest absolute Gasteiger partial charge is 0.255 e. The van der Waals surface area contributed by atoms with Crippen LogP contribution < -0.4 is 0 Å². The summed E-state index contributed by atoms with van der Waals surface area (Å²) in [5.74, 6) is 0. The van der Waals surface area contributed by atoms with Gasteiger partial charge < -0.3 is 0 Å². The van der Waals surface area contributed by atoms with E-state index >= 15 is 0 Å². The molecule has 19 heavy (non-hydrogen) atoms. The third-order valence-corrected chi connectivity index (χ3v) is 4.57. The van der Waals surface area contributed by atoms with Crippen molar-refractivity contribution < 1.29 is 13.2 Å². The van der Waals surface area contributed by atoms with Crippen LogP contribution in [0.15, 0.2) is 6.20 Å². The van der Waals surface area contributed by atoms with Gasteiger partial charge in [0.25, 0.3) is 0 Å². The van der Waals surface area contributed by atoms with E-state index in [1.165, 1.54) is 10.4 Å². The molecule has 0 atom stereocenters. The van der Waals surface area contributed by atoms with Gasteiger partial charge in [0.15, 0.2) is 0 Å². The minimum atomic E-state index is -4.24. The fraction of sp³-hybridized carbons (Fsp3) is 0.462. The molecule has 0 amide bonds. The Bertz CT molecular complexity index is 637. The first-order valence-electron chi connectivity index (χ1n) is 6.07. The highest BCUT2D eigenvalue weighted by Crippen LogP contribution is 2.42. The minimum absolute atomic E-state index is 0.667. The van der Waals surface area contributed by atoms with E-state index in [2.05, 4.69) is 5.10 Å². The molecule has 2 aromatic rings. The summed E-state index contributed by atoms with van der Waals surface area (Å²) in [5, 5.41) is 3.93. The summed E-state index contributed by atoms with van der Waals surface area (Å²) in [6.45, 7) is 2.98. The van der Waals surface area contributed by atoms with E-state index in [-0.39, 0.29) is 0 Å².